The van der Waals surface area contributed by atoms with E-state index >= 15 is 0 Å². The molecule has 138 valence electrons. The molecule has 2 N–H and O–H groups in total. The number of anilines is 1. The molecule has 1 aliphatic rings. The molecule has 1 amide bonds. The number of unbranched alkanes of at least 4 members (excludes halogenated alkanes) is 2. The first kappa shape index (κ1) is 19.0. The number of carbonyl (C=O) groups is 1. The molecule has 26 heavy (non-hydrogen) atoms. The number of fused-ring (bicyclic) bond motifs is 1. The van der Waals surface area contributed by atoms with Crippen LogP contribution < -0.4 is 4.90 Å². The van der Waals surface area contributed by atoms with E-state index in [1.807, 2.05) is 24.3 Å². The Morgan fingerprint density at radius 2 is 1.77 bits per heavy atom. The third-order valence-corrected chi connectivity index (χ3v) is 5.71. The van der Waals surface area contributed by atoms with Crippen LogP contribution in [0, 0.1) is 0 Å². The molecule has 1 heterocycles. The van der Waals surface area contributed by atoms with E-state index in [1.165, 1.54) is 12.1 Å². The van der Waals surface area contributed by atoms with Crippen LogP contribution in [-0.4, -0.2) is 29.3 Å². The number of benzene rings is 2. The number of aromatic hydroxyl groups is 1. The normalized spacial score (nSPS) is 19.1. The molecule has 1 aliphatic heterocycles. The number of aliphatic hydroxyl groups excluding tert-OH is 1. The highest BCUT2D eigenvalue weighted by molar-refractivity contribution is 6.42. The summed E-state index contributed by atoms with van der Waals surface area (Å²) in [6, 6.07) is 10.1. The van der Waals surface area contributed by atoms with Crippen molar-refractivity contribution in [3.05, 3.63) is 57.6 Å². The van der Waals surface area contributed by atoms with Gasteiger partial charge in [-0.2, -0.15) is 0 Å². The van der Waals surface area contributed by atoms with Crippen molar-refractivity contribution < 1.29 is 15.0 Å². The summed E-state index contributed by atoms with van der Waals surface area (Å²) in [4.78, 5) is 15.1. The fourth-order valence-electron chi connectivity index (χ4n) is 3.64. The SMILES string of the molecule is CCCCCN1C(=O)C(CO)(c2cc(Cl)c(Cl)cc2O)c2ccccc21. The smallest absolute Gasteiger partial charge is 0.244 e. The average molecular weight is 394 g/mol. The number of hydrogen-bond acceptors (Lipinski definition) is 3. The summed E-state index contributed by atoms with van der Waals surface area (Å²) in [5.74, 6) is -0.419. The van der Waals surface area contributed by atoms with E-state index in [2.05, 4.69) is 6.92 Å². The molecule has 0 saturated heterocycles. The van der Waals surface area contributed by atoms with Gasteiger partial charge in [-0.25, -0.2) is 0 Å². The van der Waals surface area contributed by atoms with Gasteiger partial charge < -0.3 is 15.1 Å². The van der Waals surface area contributed by atoms with Gasteiger partial charge in [-0.15, -0.1) is 0 Å². The van der Waals surface area contributed by atoms with E-state index in [1.54, 1.807) is 4.90 Å². The Morgan fingerprint density at radius 1 is 1.08 bits per heavy atom. The van der Waals surface area contributed by atoms with Crippen molar-refractivity contribution in [3.8, 4) is 5.75 Å². The first-order chi connectivity index (χ1) is 12.5. The highest BCUT2D eigenvalue weighted by atomic mass is 35.5. The average Bonchev–Trinajstić information content (AvgIpc) is 2.87. The second-order valence-electron chi connectivity index (χ2n) is 6.53. The van der Waals surface area contributed by atoms with E-state index in [9.17, 15) is 15.0 Å². The zero-order valence-electron chi connectivity index (χ0n) is 14.5. The maximum Gasteiger partial charge on any atom is 0.244 e. The van der Waals surface area contributed by atoms with Crippen molar-refractivity contribution >= 4 is 34.8 Å². The van der Waals surface area contributed by atoms with E-state index in [-0.39, 0.29) is 27.3 Å². The number of amides is 1. The highest BCUT2D eigenvalue weighted by Gasteiger charge is 2.53. The van der Waals surface area contributed by atoms with Gasteiger partial charge in [0, 0.05) is 23.9 Å². The Bertz CT molecular complexity index is 840. The number of rotatable bonds is 6. The van der Waals surface area contributed by atoms with Gasteiger partial charge in [-0.1, -0.05) is 61.2 Å². The highest BCUT2D eigenvalue weighted by Crippen LogP contribution is 2.49. The van der Waals surface area contributed by atoms with Crippen molar-refractivity contribution in [2.24, 2.45) is 0 Å². The zero-order valence-corrected chi connectivity index (χ0v) is 16.0. The van der Waals surface area contributed by atoms with E-state index in [4.69, 9.17) is 23.2 Å². The van der Waals surface area contributed by atoms with Crippen molar-refractivity contribution in [2.75, 3.05) is 18.1 Å². The summed E-state index contributed by atoms with van der Waals surface area (Å²) in [5.41, 5.74) is 0.303. The van der Waals surface area contributed by atoms with E-state index in [0.29, 0.717) is 12.1 Å². The van der Waals surface area contributed by atoms with Crippen LogP contribution in [0.15, 0.2) is 36.4 Å². The van der Waals surface area contributed by atoms with Gasteiger partial charge in [-0.3, -0.25) is 4.79 Å². The summed E-state index contributed by atoms with van der Waals surface area (Å²) >= 11 is 12.1. The molecule has 0 aliphatic carbocycles. The molecule has 0 radical (unpaired) electrons. The standard InChI is InChI=1S/C20H21Cl2NO3/c1-2-3-6-9-23-17-8-5-4-7-13(17)20(12-24,19(23)26)14-10-15(21)16(22)11-18(14)25/h4-5,7-8,10-11,24-25H,2-3,6,9,12H2,1H3. The van der Waals surface area contributed by atoms with E-state index < -0.39 is 12.0 Å². The zero-order chi connectivity index (χ0) is 18.9. The number of aliphatic hydroxyl groups is 1. The van der Waals surface area contributed by atoms with Gasteiger partial charge in [0.2, 0.25) is 5.91 Å². The minimum Gasteiger partial charge on any atom is -0.508 e. The first-order valence-electron chi connectivity index (χ1n) is 8.68. The molecule has 4 nitrogen and oxygen atoms in total. The number of phenols is 1. The van der Waals surface area contributed by atoms with Crippen LogP contribution in [0.2, 0.25) is 10.0 Å². The quantitative estimate of drug-likeness (QED) is 0.709. The molecule has 0 bridgehead atoms. The van der Waals surface area contributed by atoms with Crippen LogP contribution in [0.25, 0.3) is 0 Å². The summed E-state index contributed by atoms with van der Waals surface area (Å²) in [6.45, 7) is 2.19. The fraction of sp³-hybridized carbons (Fsp3) is 0.350. The topological polar surface area (TPSA) is 60.8 Å². The lowest BCUT2D eigenvalue weighted by molar-refractivity contribution is -0.123. The lowest BCUT2D eigenvalue weighted by Gasteiger charge is -2.28. The van der Waals surface area contributed by atoms with Crippen molar-refractivity contribution in [2.45, 2.75) is 31.6 Å². The van der Waals surface area contributed by atoms with Gasteiger partial charge in [0.05, 0.1) is 16.7 Å². The minimum atomic E-state index is -1.39. The predicted molar refractivity (Wildman–Crippen MR) is 104 cm³/mol. The van der Waals surface area contributed by atoms with Crippen LogP contribution in [0.3, 0.4) is 0 Å². The first-order valence-corrected chi connectivity index (χ1v) is 9.43. The summed E-state index contributed by atoms with van der Waals surface area (Å²) < 4.78 is 0. The van der Waals surface area contributed by atoms with Gasteiger partial charge in [0.15, 0.2) is 0 Å². The number of para-hydroxylation sites is 1. The van der Waals surface area contributed by atoms with Crippen LogP contribution >= 0.6 is 23.2 Å². The third kappa shape index (κ3) is 2.86. The Kier molecular flexibility index (Phi) is 5.47. The molecule has 1 atom stereocenters. The Balaban J connectivity index is 2.18. The van der Waals surface area contributed by atoms with Crippen molar-refractivity contribution in [3.63, 3.8) is 0 Å². The van der Waals surface area contributed by atoms with Crippen LogP contribution in [0.1, 0.15) is 37.3 Å². The van der Waals surface area contributed by atoms with Crippen LogP contribution in [0.5, 0.6) is 5.75 Å². The molecule has 0 aromatic heterocycles. The molecular formula is C20H21Cl2NO3. The Morgan fingerprint density at radius 3 is 2.46 bits per heavy atom. The molecule has 3 rings (SSSR count). The van der Waals surface area contributed by atoms with Crippen molar-refractivity contribution in [1.29, 1.82) is 0 Å². The third-order valence-electron chi connectivity index (χ3n) is 4.99. The summed E-state index contributed by atoms with van der Waals surface area (Å²) in [5, 5.41) is 21.2. The predicted octanol–water partition coefficient (Wildman–Crippen LogP) is 4.51. The van der Waals surface area contributed by atoms with Gasteiger partial charge in [0.25, 0.3) is 0 Å². The molecule has 2 aromatic carbocycles. The molecular weight excluding hydrogens is 373 g/mol. The van der Waals surface area contributed by atoms with Crippen molar-refractivity contribution in [1.82, 2.24) is 0 Å². The number of nitrogens with zero attached hydrogens (tertiary/aromatic N) is 1. The number of phenolic OH excluding ortho intramolecular Hbond substituents is 1. The van der Waals surface area contributed by atoms with Gasteiger partial charge >= 0.3 is 0 Å². The van der Waals surface area contributed by atoms with Crippen LogP contribution in [-0.2, 0) is 10.2 Å². The fourth-order valence-corrected chi connectivity index (χ4v) is 3.96. The number of halogens is 2. The van der Waals surface area contributed by atoms with E-state index in [0.717, 1.165) is 24.9 Å². The Hall–Kier alpha value is -1.75. The van der Waals surface area contributed by atoms with Gasteiger partial charge in [0.1, 0.15) is 11.2 Å². The largest absolute Gasteiger partial charge is 0.508 e. The lowest BCUT2D eigenvalue weighted by Crippen LogP contribution is -2.44. The molecule has 2 aromatic rings. The summed E-state index contributed by atoms with van der Waals surface area (Å²) in [6.07, 6.45) is 2.92. The maximum atomic E-state index is 13.4. The molecule has 0 fully saturated rings. The Labute approximate surface area is 163 Å². The summed E-state index contributed by atoms with van der Waals surface area (Å²) in [7, 11) is 0. The maximum absolute atomic E-state index is 13.4. The lowest BCUT2D eigenvalue weighted by atomic mass is 9.75. The molecule has 1 unspecified atom stereocenters. The van der Waals surface area contributed by atoms with Gasteiger partial charge in [-0.05, 0) is 24.1 Å². The number of carbonyl (C=O) groups excluding carboxylic acids is 1. The molecule has 6 heteroatoms. The second-order valence-corrected chi connectivity index (χ2v) is 7.34. The minimum absolute atomic E-state index is 0.160. The molecule has 0 spiro atoms. The monoisotopic (exact) mass is 393 g/mol. The van der Waals surface area contributed by atoms with Crippen LogP contribution in [0.4, 0.5) is 5.69 Å². The molecule has 0 saturated carbocycles. The second kappa shape index (κ2) is 7.47. The number of hydrogen-bond donors (Lipinski definition) is 2.